The monoisotopic (exact) mass is 628 g/mol. The number of aromatic nitrogens is 2. The number of carbonyl (C=O) groups is 1. The number of anilines is 1. The van der Waals surface area contributed by atoms with Gasteiger partial charge in [-0.2, -0.15) is 29.9 Å². The minimum Gasteiger partial charge on any atom is -0.348 e. The highest BCUT2D eigenvalue weighted by Crippen LogP contribution is 2.49. The Balaban J connectivity index is 1.66. The van der Waals surface area contributed by atoms with E-state index >= 15 is 4.39 Å². The van der Waals surface area contributed by atoms with Gasteiger partial charge in [0.25, 0.3) is 0 Å². The van der Waals surface area contributed by atoms with Crippen molar-refractivity contribution < 1.29 is 26.7 Å². The second-order valence-corrected chi connectivity index (χ2v) is 12.5. The highest BCUT2D eigenvalue weighted by atomic mass is 35.5. The Kier molecular flexibility index (Phi) is 7.26. The van der Waals surface area contributed by atoms with Gasteiger partial charge < -0.3 is 9.80 Å². The van der Waals surface area contributed by atoms with Crippen LogP contribution in [0.5, 0.6) is 0 Å². The molecule has 6 rings (SSSR count). The van der Waals surface area contributed by atoms with Crippen LogP contribution >= 0.6 is 35.1 Å². The standard InChI is InChI=1S/C27H22ClF5N4O2S2/c1-2-21(38)35-5-6-36(20-12-40-11-19(20)35)25-14-8-15(27(31,32)33)22(13-9-16(28)18(30)10-17(13)29)24-23(14)37(26(39)34-25)4-3-7-41-24/h2,8-10,19-20H,1,3-7,11-12H2. The lowest BCUT2D eigenvalue weighted by Gasteiger charge is -2.44. The highest BCUT2D eigenvalue weighted by molar-refractivity contribution is 7.99. The lowest BCUT2D eigenvalue weighted by atomic mass is 9.95. The van der Waals surface area contributed by atoms with Crippen LogP contribution < -0.4 is 10.6 Å². The van der Waals surface area contributed by atoms with E-state index in [0.717, 1.165) is 23.9 Å². The third-order valence-corrected chi connectivity index (χ3v) is 10.3. The number of fused-ring (bicyclic) bond motifs is 1. The molecule has 1 aromatic heterocycles. The van der Waals surface area contributed by atoms with Crippen LogP contribution in [0.1, 0.15) is 12.0 Å². The summed E-state index contributed by atoms with van der Waals surface area (Å²) >= 11 is 8.60. The van der Waals surface area contributed by atoms with Gasteiger partial charge in [-0.15, -0.1) is 11.8 Å². The largest absolute Gasteiger partial charge is 0.417 e. The van der Waals surface area contributed by atoms with Gasteiger partial charge in [0.15, 0.2) is 0 Å². The van der Waals surface area contributed by atoms with E-state index in [1.165, 1.54) is 10.6 Å². The summed E-state index contributed by atoms with van der Waals surface area (Å²) in [5.74, 6) is -0.855. The molecule has 0 aliphatic carbocycles. The van der Waals surface area contributed by atoms with Crippen LogP contribution in [0.15, 0.2) is 40.5 Å². The van der Waals surface area contributed by atoms with Crippen LogP contribution in [-0.4, -0.2) is 62.8 Å². The molecule has 3 aliphatic rings. The Labute approximate surface area is 244 Å². The van der Waals surface area contributed by atoms with Crippen LogP contribution in [0.25, 0.3) is 22.0 Å². The maximum absolute atomic E-state index is 15.1. The number of alkyl halides is 3. The molecule has 14 heteroatoms. The molecule has 3 aromatic rings. The Bertz CT molecular complexity index is 1660. The Morgan fingerprint density at radius 3 is 2.59 bits per heavy atom. The summed E-state index contributed by atoms with van der Waals surface area (Å²) in [6.07, 6.45) is -3.23. The van der Waals surface area contributed by atoms with E-state index in [4.69, 9.17) is 11.6 Å². The summed E-state index contributed by atoms with van der Waals surface area (Å²) < 4.78 is 74.8. The molecule has 2 aromatic carbocycles. The number of hydrogen-bond acceptors (Lipinski definition) is 6. The van der Waals surface area contributed by atoms with E-state index in [9.17, 15) is 27.2 Å². The van der Waals surface area contributed by atoms with Gasteiger partial charge in [-0.25, -0.2) is 13.6 Å². The number of hydrogen-bond donors (Lipinski definition) is 0. The predicted molar refractivity (Wildman–Crippen MR) is 151 cm³/mol. The molecule has 2 atom stereocenters. The normalized spacial score (nSPS) is 20.7. The second-order valence-electron chi connectivity index (χ2n) is 9.94. The van der Waals surface area contributed by atoms with Crippen molar-refractivity contribution >= 4 is 57.8 Å². The molecule has 0 saturated carbocycles. The number of nitrogens with zero attached hydrogens (tertiary/aromatic N) is 4. The van der Waals surface area contributed by atoms with Gasteiger partial charge in [0, 0.05) is 58.6 Å². The zero-order valence-corrected chi connectivity index (χ0v) is 23.7. The molecule has 1 amide bonds. The molecule has 4 heterocycles. The minimum absolute atomic E-state index is 0.0625. The Hall–Kier alpha value is -2.77. The van der Waals surface area contributed by atoms with E-state index in [-0.39, 0.29) is 59.2 Å². The summed E-state index contributed by atoms with van der Waals surface area (Å²) in [6.45, 7) is 4.32. The molecule has 216 valence electrons. The first kappa shape index (κ1) is 28.4. The third kappa shape index (κ3) is 4.69. The molecule has 41 heavy (non-hydrogen) atoms. The minimum atomic E-state index is -4.93. The van der Waals surface area contributed by atoms with E-state index in [2.05, 4.69) is 11.6 Å². The fraction of sp³-hybridized carbons (Fsp3) is 0.370. The van der Waals surface area contributed by atoms with Crippen LogP contribution in [-0.2, 0) is 17.5 Å². The zero-order chi connectivity index (χ0) is 29.2. The summed E-state index contributed by atoms with van der Waals surface area (Å²) in [7, 11) is 0. The molecule has 0 N–H and O–H groups in total. The van der Waals surface area contributed by atoms with E-state index in [0.29, 0.717) is 29.7 Å². The first-order valence-corrected chi connectivity index (χ1v) is 15.3. The summed E-state index contributed by atoms with van der Waals surface area (Å²) in [6, 6.07) is 1.70. The molecule has 0 radical (unpaired) electrons. The molecule has 2 unspecified atom stereocenters. The first-order valence-electron chi connectivity index (χ1n) is 12.7. The Morgan fingerprint density at radius 1 is 1.10 bits per heavy atom. The lowest BCUT2D eigenvalue weighted by Crippen LogP contribution is -2.61. The molecule has 0 spiro atoms. The quantitative estimate of drug-likeness (QED) is 0.207. The maximum atomic E-state index is 15.1. The van der Waals surface area contributed by atoms with Gasteiger partial charge in [0.2, 0.25) is 5.91 Å². The Morgan fingerprint density at radius 2 is 1.85 bits per heavy atom. The van der Waals surface area contributed by atoms with Crippen molar-refractivity contribution in [3.8, 4) is 11.1 Å². The molecule has 3 aliphatic heterocycles. The van der Waals surface area contributed by atoms with Crippen LogP contribution in [0, 0.1) is 11.6 Å². The van der Waals surface area contributed by atoms with Crippen molar-refractivity contribution in [2.24, 2.45) is 0 Å². The molecule has 6 nitrogen and oxygen atoms in total. The average molecular weight is 629 g/mol. The van der Waals surface area contributed by atoms with Gasteiger partial charge in [-0.1, -0.05) is 18.2 Å². The third-order valence-electron chi connectivity index (χ3n) is 7.69. The summed E-state index contributed by atoms with van der Waals surface area (Å²) in [5, 5.41) is -0.414. The number of benzene rings is 2. The second kappa shape index (κ2) is 10.5. The van der Waals surface area contributed by atoms with Crippen molar-refractivity contribution in [3.63, 3.8) is 0 Å². The molecular formula is C27H22ClF5N4O2S2. The van der Waals surface area contributed by atoms with Crippen LogP contribution in [0.2, 0.25) is 5.02 Å². The summed E-state index contributed by atoms with van der Waals surface area (Å²) in [5.41, 5.74) is -2.54. The SMILES string of the molecule is C=CC(=O)N1CCN(c2nc(=O)n3c4c(c(-c5cc(Cl)c(F)cc5F)c(C(F)(F)F)cc24)SCCC3)C2CSCC21. The maximum Gasteiger partial charge on any atom is 0.417 e. The van der Waals surface area contributed by atoms with Crippen molar-refractivity contribution in [3.05, 3.63) is 63.6 Å². The van der Waals surface area contributed by atoms with E-state index in [1.54, 1.807) is 16.7 Å². The van der Waals surface area contributed by atoms with Gasteiger partial charge in [-0.3, -0.25) is 9.36 Å². The van der Waals surface area contributed by atoms with Gasteiger partial charge in [0.1, 0.15) is 17.5 Å². The molecule has 2 saturated heterocycles. The van der Waals surface area contributed by atoms with Gasteiger partial charge in [0.05, 0.1) is 28.2 Å². The number of halogens is 6. The summed E-state index contributed by atoms with van der Waals surface area (Å²) in [4.78, 5) is 33.9. The number of rotatable bonds is 3. The molecule has 2 fully saturated rings. The highest BCUT2D eigenvalue weighted by Gasteiger charge is 2.44. The average Bonchev–Trinajstić information content (AvgIpc) is 3.31. The first-order chi connectivity index (χ1) is 19.5. The topological polar surface area (TPSA) is 58.4 Å². The van der Waals surface area contributed by atoms with Gasteiger partial charge >= 0.3 is 11.9 Å². The van der Waals surface area contributed by atoms with Crippen LogP contribution in [0.3, 0.4) is 0 Å². The fourth-order valence-electron chi connectivity index (χ4n) is 5.89. The van der Waals surface area contributed by atoms with Crippen molar-refractivity contribution in [1.82, 2.24) is 14.5 Å². The van der Waals surface area contributed by atoms with Crippen LogP contribution in [0.4, 0.5) is 27.8 Å². The predicted octanol–water partition coefficient (Wildman–Crippen LogP) is 5.83. The van der Waals surface area contributed by atoms with Crippen molar-refractivity contribution in [2.75, 3.05) is 35.2 Å². The smallest absolute Gasteiger partial charge is 0.348 e. The zero-order valence-electron chi connectivity index (χ0n) is 21.3. The van der Waals surface area contributed by atoms with E-state index in [1.807, 2.05) is 4.90 Å². The van der Waals surface area contributed by atoms with E-state index < -0.39 is 45.2 Å². The number of thioether (sulfide) groups is 2. The van der Waals surface area contributed by atoms with Crippen molar-refractivity contribution in [2.45, 2.75) is 36.1 Å². The number of aryl methyl sites for hydroxylation is 1. The molecule has 0 bridgehead atoms. The van der Waals surface area contributed by atoms with Crippen molar-refractivity contribution in [1.29, 1.82) is 0 Å². The fourth-order valence-corrected chi connectivity index (χ4v) is 8.68. The number of piperazine rings is 1. The number of carbonyl (C=O) groups excluding carboxylic acids is 1. The van der Waals surface area contributed by atoms with Gasteiger partial charge in [-0.05, 0) is 30.4 Å². The molecular weight excluding hydrogens is 607 g/mol. The number of amides is 1. The lowest BCUT2D eigenvalue weighted by molar-refractivity contribution is -0.137.